The molecule has 0 atom stereocenters. The average molecular weight is 641 g/mol. The summed E-state index contributed by atoms with van der Waals surface area (Å²) in [6.45, 7) is 5.16. The minimum Gasteiger partial charge on any atom is -0.496 e. The molecule has 0 spiro atoms. The van der Waals surface area contributed by atoms with Crippen LogP contribution in [-0.2, 0) is 11.2 Å². The van der Waals surface area contributed by atoms with Crippen LogP contribution in [0, 0.1) is 0 Å². The molecule has 0 radical (unpaired) electrons. The molecule has 1 amide bonds. The number of hydrogen-bond donors (Lipinski definition) is 4. The number of rotatable bonds is 15. The van der Waals surface area contributed by atoms with E-state index in [4.69, 9.17) is 23.9 Å². The highest BCUT2D eigenvalue weighted by atomic mass is 16.5. The first-order valence-corrected chi connectivity index (χ1v) is 15.1. The molecular formula is C34H40N8O5. The van der Waals surface area contributed by atoms with E-state index in [2.05, 4.69) is 32.1 Å². The average Bonchev–Trinajstić information content (AvgIpc) is 3.72. The van der Waals surface area contributed by atoms with Gasteiger partial charge in [-0.05, 0) is 56.9 Å². The summed E-state index contributed by atoms with van der Waals surface area (Å²) < 4.78 is 17.2. The third-order valence-electron chi connectivity index (χ3n) is 7.57. The zero-order chi connectivity index (χ0) is 33.5. The van der Waals surface area contributed by atoms with Crippen LogP contribution in [-0.4, -0.2) is 90.9 Å². The van der Waals surface area contributed by atoms with Gasteiger partial charge in [-0.15, -0.1) is 0 Å². The maximum atomic E-state index is 12.4. The number of aryl methyl sites for hydroxylation is 1. The SMILES string of the molecule is C=CC(=O)Nc1cc(Nc2nccc(-c3[nH]c(CCCO)nc3-c3cc4occc4cc3OC)n2)c(OC)cc1N(C)CCN(C)C. The number of imidazole rings is 1. The molecule has 0 saturated heterocycles. The number of nitrogens with one attached hydrogen (secondary N) is 3. The number of carbonyl (C=O) groups is 1. The molecule has 3 heterocycles. The Bertz CT molecular complexity index is 1860. The third kappa shape index (κ3) is 7.54. The fourth-order valence-corrected chi connectivity index (χ4v) is 5.09. The van der Waals surface area contributed by atoms with Gasteiger partial charge in [-0.3, -0.25) is 4.79 Å². The van der Waals surface area contributed by atoms with Crippen molar-refractivity contribution in [3.05, 3.63) is 67.3 Å². The molecule has 2 aromatic carbocycles. The Morgan fingerprint density at radius 2 is 1.87 bits per heavy atom. The molecule has 0 fully saturated rings. The van der Waals surface area contributed by atoms with Gasteiger partial charge in [0.1, 0.15) is 28.6 Å². The number of aromatic amines is 1. The van der Waals surface area contributed by atoms with Gasteiger partial charge >= 0.3 is 0 Å². The predicted molar refractivity (Wildman–Crippen MR) is 184 cm³/mol. The number of H-pyrrole nitrogens is 1. The first-order chi connectivity index (χ1) is 22.7. The number of hydrogen-bond acceptors (Lipinski definition) is 11. The highest BCUT2D eigenvalue weighted by molar-refractivity contribution is 6.02. The third-order valence-corrected chi connectivity index (χ3v) is 7.57. The summed E-state index contributed by atoms with van der Waals surface area (Å²) in [6.07, 6.45) is 5.58. The first kappa shape index (κ1) is 33.0. The maximum absolute atomic E-state index is 12.4. The number of aromatic nitrogens is 4. The number of aliphatic hydroxyl groups is 1. The second-order valence-electron chi connectivity index (χ2n) is 11.1. The van der Waals surface area contributed by atoms with Gasteiger partial charge < -0.3 is 44.4 Å². The number of nitrogens with zero attached hydrogens (tertiary/aromatic N) is 5. The minimum absolute atomic E-state index is 0.0376. The smallest absolute Gasteiger partial charge is 0.247 e. The van der Waals surface area contributed by atoms with E-state index < -0.39 is 0 Å². The molecule has 0 aliphatic carbocycles. The number of furan rings is 1. The number of aliphatic hydroxyl groups excluding tert-OH is 1. The summed E-state index contributed by atoms with van der Waals surface area (Å²) in [5.74, 6) is 1.81. The van der Waals surface area contributed by atoms with Gasteiger partial charge in [0.05, 0.1) is 48.9 Å². The van der Waals surface area contributed by atoms with Crippen LogP contribution in [0.1, 0.15) is 12.2 Å². The Morgan fingerprint density at radius 3 is 2.60 bits per heavy atom. The molecule has 246 valence electrons. The summed E-state index contributed by atoms with van der Waals surface area (Å²) in [5.41, 5.74) is 5.15. The van der Waals surface area contributed by atoms with Crippen LogP contribution in [0.3, 0.4) is 0 Å². The van der Waals surface area contributed by atoms with Crippen molar-refractivity contribution in [2.24, 2.45) is 0 Å². The molecule has 47 heavy (non-hydrogen) atoms. The van der Waals surface area contributed by atoms with Crippen molar-refractivity contribution in [1.82, 2.24) is 24.8 Å². The number of ether oxygens (including phenoxy) is 2. The molecule has 5 rings (SSSR count). The monoisotopic (exact) mass is 640 g/mol. The lowest BCUT2D eigenvalue weighted by Gasteiger charge is -2.26. The largest absolute Gasteiger partial charge is 0.496 e. The number of anilines is 4. The molecule has 0 aliphatic heterocycles. The van der Waals surface area contributed by atoms with Gasteiger partial charge in [0, 0.05) is 56.4 Å². The van der Waals surface area contributed by atoms with E-state index in [1.165, 1.54) is 6.08 Å². The molecule has 0 unspecified atom stereocenters. The van der Waals surface area contributed by atoms with Gasteiger partial charge in [0.15, 0.2) is 0 Å². The normalized spacial score (nSPS) is 11.1. The summed E-state index contributed by atoms with van der Waals surface area (Å²) >= 11 is 0. The van der Waals surface area contributed by atoms with Crippen molar-refractivity contribution < 1.29 is 23.8 Å². The lowest BCUT2D eigenvalue weighted by molar-refractivity contribution is -0.111. The zero-order valence-electron chi connectivity index (χ0n) is 27.3. The lowest BCUT2D eigenvalue weighted by Crippen LogP contribution is -2.29. The van der Waals surface area contributed by atoms with Gasteiger partial charge in [0.25, 0.3) is 0 Å². The molecular weight excluding hydrogens is 600 g/mol. The number of amides is 1. The maximum Gasteiger partial charge on any atom is 0.247 e. The van der Waals surface area contributed by atoms with Crippen LogP contribution in [0.25, 0.3) is 33.6 Å². The van der Waals surface area contributed by atoms with E-state index >= 15 is 0 Å². The topological polar surface area (TPSA) is 154 Å². The molecule has 3 aromatic heterocycles. The van der Waals surface area contributed by atoms with Crippen LogP contribution in [0.15, 0.2) is 65.9 Å². The van der Waals surface area contributed by atoms with E-state index in [0.717, 1.165) is 29.7 Å². The molecule has 13 heteroatoms. The first-order valence-electron chi connectivity index (χ1n) is 15.1. The second-order valence-corrected chi connectivity index (χ2v) is 11.1. The van der Waals surface area contributed by atoms with Gasteiger partial charge in [-0.25, -0.2) is 15.0 Å². The van der Waals surface area contributed by atoms with Crippen LogP contribution < -0.4 is 25.0 Å². The fourth-order valence-electron chi connectivity index (χ4n) is 5.09. The van der Waals surface area contributed by atoms with Crippen LogP contribution in [0.5, 0.6) is 11.5 Å². The number of benzene rings is 2. The molecule has 0 aliphatic rings. The van der Waals surface area contributed by atoms with Crippen molar-refractivity contribution >= 4 is 39.9 Å². The lowest BCUT2D eigenvalue weighted by atomic mass is 10.1. The van der Waals surface area contributed by atoms with Crippen LogP contribution in [0.4, 0.5) is 23.0 Å². The molecule has 0 saturated carbocycles. The quantitative estimate of drug-likeness (QED) is 0.113. The zero-order valence-corrected chi connectivity index (χ0v) is 27.3. The highest BCUT2D eigenvalue weighted by Crippen LogP contribution is 2.40. The van der Waals surface area contributed by atoms with Crippen molar-refractivity contribution in [2.45, 2.75) is 12.8 Å². The van der Waals surface area contributed by atoms with Crippen molar-refractivity contribution in [3.8, 4) is 34.1 Å². The van der Waals surface area contributed by atoms with Crippen LogP contribution in [0.2, 0.25) is 0 Å². The second kappa shape index (κ2) is 14.8. The van der Waals surface area contributed by atoms with Crippen LogP contribution >= 0.6 is 0 Å². The summed E-state index contributed by atoms with van der Waals surface area (Å²) in [7, 11) is 9.16. The number of fused-ring (bicyclic) bond motifs is 1. The molecule has 13 nitrogen and oxygen atoms in total. The van der Waals surface area contributed by atoms with E-state index in [1.807, 2.05) is 50.3 Å². The minimum atomic E-state index is -0.339. The summed E-state index contributed by atoms with van der Waals surface area (Å²) in [6, 6.07) is 11.1. The summed E-state index contributed by atoms with van der Waals surface area (Å²) in [5, 5.41) is 16.6. The Labute approximate surface area is 273 Å². The van der Waals surface area contributed by atoms with Gasteiger partial charge in [-0.1, -0.05) is 6.58 Å². The van der Waals surface area contributed by atoms with E-state index in [-0.39, 0.29) is 12.5 Å². The molecule has 0 bridgehead atoms. The van der Waals surface area contributed by atoms with Crippen molar-refractivity contribution in [3.63, 3.8) is 0 Å². The van der Waals surface area contributed by atoms with E-state index in [0.29, 0.717) is 70.2 Å². The Balaban J connectivity index is 1.55. The predicted octanol–water partition coefficient (Wildman–Crippen LogP) is 5.09. The van der Waals surface area contributed by atoms with Crippen molar-refractivity contribution in [1.29, 1.82) is 0 Å². The molecule has 5 aromatic rings. The van der Waals surface area contributed by atoms with E-state index in [9.17, 15) is 9.90 Å². The Kier molecular flexibility index (Phi) is 10.4. The Hall–Kier alpha value is -5.40. The fraction of sp³-hybridized carbons (Fsp3) is 0.294. The van der Waals surface area contributed by atoms with Gasteiger partial charge in [0.2, 0.25) is 11.9 Å². The summed E-state index contributed by atoms with van der Waals surface area (Å²) in [4.78, 5) is 34.1. The Morgan fingerprint density at radius 1 is 1.06 bits per heavy atom. The number of carbonyl (C=O) groups excluding carboxylic acids is 1. The standard InChI is InChI=1S/C34H40N8O5/c1-7-31(44)36-24-19-25(29(46-6)20-26(24)42(4)14-13-41(2)3)38-34-35-12-10-23(37-34)33-32(39-30(40-33)9-8-15-43)22-18-27-21(11-16-47-27)17-28(22)45-5/h7,10-12,16-20,43H,1,8-9,13-15H2,2-6H3,(H,36,44)(H,39,40)(H,35,37,38). The van der Waals surface area contributed by atoms with E-state index in [1.54, 1.807) is 38.8 Å². The highest BCUT2D eigenvalue weighted by Gasteiger charge is 2.21. The molecule has 4 N–H and O–H groups in total. The van der Waals surface area contributed by atoms with Crippen molar-refractivity contribution in [2.75, 3.05) is 70.6 Å². The number of likely N-dealkylation sites (N-methyl/N-ethyl adjacent to an activating group) is 2. The van der Waals surface area contributed by atoms with Gasteiger partial charge in [-0.2, -0.15) is 0 Å². The number of methoxy groups -OCH3 is 2.